The molecule has 27 heavy (non-hydrogen) atoms. The van der Waals surface area contributed by atoms with Crippen molar-refractivity contribution in [2.75, 3.05) is 5.32 Å². The lowest BCUT2D eigenvalue weighted by molar-refractivity contribution is -0.116. The average Bonchev–Trinajstić information content (AvgIpc) is 3.24. The van der Waals surface area contributed by atoms with E-state index in [1.54, 1.807) is 4.68 Å². The second-order valence-corrected chi connectivity index (χ2v) is 8.15. The first kappa shape index (κ1) is 17.7. The van der Waals surface area contributed by atoms with Crippen molar-refractivity contribution in [1.29, 1.82) is 0 Å². The van der Waals surface area contributed by atoms with Crippen LogP contribution in [0.4, 0.5) is 5.82 Å². The zero-order valence-electron chi connectivity index (χ0n) is 15.6. The molecular weight excluding hydrogens is 358 g/mol. The van der Waals surface area contributed by atoms with Crippen molar-refractivity contribution in [3.8, 4) is 5.69 Å². The van der Waals surface area contributed by atoms with Crippen LogP contribution < -0.4 is 5.32 Å². The van der Waals surface area contributed by atoms with Crippen molar-refractivity contribution in [2.45, 2.75) is 39.5 Å². The molecule has 1 aliphatic rings. The lowest BCUT2D eigenvalue weighted by Gasteiger charge is -2.22. The smallest absolute Gasteiger partial charge is 0.226 e. The Kier molecular flexibility index (Phi) is 4.44. The number of aromatic nitrogens is 2. The second kappa shape index (κ2) is 6.78. The molecule has 0 saturated carbocycles. The molecule has 5 nitrogen and oxygen atoms in total. The number of Topliss-reactive ketones (excluding diaryl/α,β-unsaturated/α-hetero) is 1. The number of anilines is 1. The number of hydrogen-bond acceptors (Lipinski definition) is 4. The SMILES string of the molecule is CCc1cccc(-n2nc(C)c3c2NC(=O)CC3C(=O)c2ccc(C)s2)c1. The maximum atomic E-state index is 13.1. The number of thiophene rings is 1. The maximum absolute atomic E-state index is 13.1. The number of hydrogen-bond donors (Lipinski definition) is 1. The summed E-state index contributed by atoms with van der Waals surface area (Å²) in [4.78, 5) is 27.3. The summed E-state index contributed by atoms with van der Waals surface area (Å²) in [6.45, 7) is 5.98. The third kappa shape index (κ3) is 3.10. The van der Waals surface area contributed by atoms with Gasteiger partial charge in [0.1, 0.15) is 5.82 Å². The van der Waals surface area contributed by atoms with Crippen LogP contribution in [0, 0.1) is 13.8 Å². The first-order valence-electron chi connectivity index (χ1n) is 9.07. The van der Waals surface area contributed by atoms with Crippen LogP contribution in [0.15, 0.2) is 36.4 Å². The Morgan fingerprint density at radius 2 is 2.11 bits per heavy atom. The molecule has 138 valence electrons. The van der Waals surface area contributed by atoms with E-state index >= 15 is 0 Å². The fourth-order valence-electron chi connectivity index (χ4n) is 3.60. The lowest BCUT2D eigenvalue weighted by Crippen LogP contribution is -2.28. The summed E-state index contributed by atoms with van der Waals surface area (Å²) >= 11 is 1.47. The van der Waals surface area contributed by atoms with E-state index in [0.29, 0.717) is 10.7 Å². The number of nitrogens with one attached hydrogen (secondary N) is 1. The highest BCUT2D eigenvalue weighted by Gasteiger charge is 2.36. The highest BCUT2D eigenvalue weighted by molar-refractivity contribution is 7.14. The first-order chi connectivity index (χ1) is 13.0. The number of fused-ring (bicyclic) bond motifs is 1. The number of carbonyl (C=O) groups is 2. The van der Waals surface area contributed by atoms with Crippen molar-refractivity contribution in [1.82, 2.24) is 9.78 Å². The van der Waals surface area contributed by atoms with Crippen LogP contribution in [0.3, 0.4) is 0 Å². The molecule has 3 heterocycles. The van der Waals surface area contributed by atoms with E-state index in [9.17, 15) is 9.59 Å². The van der Waals surface area contributed by atoms with Gasteiger partial charge in [0.05, 0.1) is 22.2 Å². The molecule has 0 fully saturated rings. The molecule has 0 saturated heterocycles. The molecule has 2 aromatic heterocycles. The van der Waals surface area contributed by atoms with Crippen molar-refractivity contribution in [3.63, 3.8) is 0 Å². The quantitative estimate of drug-likeness (QED) is 0.683. The Labute approximate surface area is 162 Å². The van der Waals surface area contributed by atoms with Crippen LogP contribution in [0.1, 0.15) is 50.6 Å². The molecule has 1 amide bonds. The maximum Gasteiger partial charge on any atom is 0.226 e. The molecule has 0 spiro atoms. The van der Waals surface area contributed by atoms with Crippen LogP contribution in [-0.2, 0) is 11.2 Å². The number of aryl methyl sites for hydroxylation is 3. The molecular formula is C21H21N3O2S. The molecule has 0 bridgehead atoms. The number of nitrogens with zero attached hydrogens (tertiary/aromatic N) is 2. The van der Waals surface area contributed by atoms with Gasteiger partial charge in [0, 0.05) is 16.9 Å². The molecule has 6 heteroatoms. The van der Waals surface area contributed by atoms with Gasteiger partial charge in [-0.05, 0) is 50.1 Å². The lowest BCUT2D eigenvalue weighted by atomic mass is 9.87. The van der Waals surface area contributed by atoms with Gasteiger partial charge < -0.3 is 5.32 Å². The number of ketones is 1. The van der Waals surface area contributed by atoms with E-state index in [0.717, 1.165) is 28.2 Å². The predicted octanol–water partition coefficient (Wildman–Crippen LogP) is 4.42. The average molecular weight is 379 g/mol. The normalized spacial score (nSPS) is 16.1. The molecule has 3 aromatic rings. The minimum absolute atomic E-state index is 0.00541. The number of benzene rings is 1. The summed E-state index contributed by atoms with van der Waals surface area (Å²) in [5.74, 6) is -0.0328. The fourth-order valence-corrected chi connectivity index (χ4v) is 4.47. The van der Waals surface area contributed by atoms with Gasteiger partial charge in [-0.1, -0.05) is 19.1 Å². The topological polar surface area (TPSA) is 64.0 Å². The highest BCUT2D eigenvalue weighted by atomic mass is 32.1. The van der Waals surface area contributed by atoms with Crippen molar-refractivity contribution >= 4 is 28.8 Å². The Hall–Kier alpha value is -2.73. The summed E-state index contributed by atoms with van der Waals surface area (Å²) in [7, 11) is 0. The van der Waals surface area contributed by atoms with Gasteiger partial charge >= 0.3 is 0 Å². The summed E-state index contributed by atoms with van der Waals surface area (Å²) < 4.78 is 1.75. The summed E-state index contributed by atoms with van der Waals surface area (Å²) in [5.41, 5.74) is 3.68. The monoisotopic (exact) mass is 379 g/mol. The first-order valence-corrected chi connectivity index (χ1v) is 9.89. The van der Waals surface area contributed by atoms with Gasteiger partial charge in [-0.3, -0.25) is 9.59 Å². The third-order valence-corrected chi connectivity index (χ3v) is 5.98. The largest absolute Gasteiger partial charge is 0.310 e. The molecule has 1 atom stereocenters. The van der Waals surface area contributed by atoms with Gasteiger partial charge in [-0.2, -0.15) is 5.10 Å². The molecule has 1 unspecified atom stereocenters. The van der Waals surface area contributed by atoms with E-state index < -0.39 is 5.92 Å². The van der Waals surface area contributed by atoms with Gasteiger partial charge in [0.15, 0.2) is 5.78 Å². The van der Waals surface area contributed by atoms with E-state index in [-0.39, 0.29) is 18.1 Å². The number of rotatable bonds is 4. The number of carbonyl (C=O) groups excluding carboxylic acids is 2. The van der Waals surface area contributed by atoms with Gasteiger partial charge in [-0.15, -0.1) is 11.3 Å². The number of amides is 1. The van der Waals surface area contributed by atoms with E-state index in [4.69, 9.17) is 0 Å². The van der Waals surface area contributed by atoms with E-state index in [1.807, 2.05) is 38.1 Å². The Morgan fingerprint density at radius 3 is 2.81 bits per heavy atom. The van der Waals surface area contributed by atoms with E-state index in [2.05, 4.69) is 29.5 Å². The van der Waals surface area contributed by atoms with Crippen molar-refractivity contribution < 1.29 is 9.59 Å². The third-order valence-electron chi connectivity index (χ3n) is 4.97. The van der Waals surface area contributed by atoms with Gasteiger partial charge in [0.25, 0.3) is 0 Å². The van der Waals surface area contributed by atoms with Crippen LogP contribution in [0.5, 0.6) is 0 Å². The van der Waals surface area contributed by atoms with Gasteiger partial charge in [-0.25, -0.2) is 4.68 Å². The molecule has 1 N–H and O–H groups in total. The predicted molar refractivity (Wildman–Crippen MR) is 107 cm³/mol. The van der Waals surface area contributed by atoms with Gasteiger partial charge in [0.2, 0.25) is 5.91 Å². The Balaban J connectivity index is 1.82. The molecule has 0 aliphatic carbocycles. The zero-order chi connectivity index (χ0) is 19.1. The molecule has 1 aromatic carbocycles. The summed E-state index contributed by atoms with van der Waals surface area (Å²) in [6.07, 6.45) is 1.08. The van der Waals surface area contributed by atoms with Crippen LogP contribution in [-0.4, -0.2) is 21.5 Å². The molecule has 0 radical (unpaired) electrons. The molecule has 4 rings (SSSR count). The van der Waals surface area contributed by atoms with Crippen molar-refractivity contribution in [3.05, 3.63) is 63.0 Å². The van der Waals surface area contributed by atoms with Crippen molar-refractivity contribution in [2.24, 2.45) is 0 Å². The van der Waals surface area contributed by atoms with Crippen LogP contribution >= 0.6 is 11.3 Å². The fraction of sp³-hybridized carbons (Fsp3) is 0.286. The summed E-state index contributed by atoms with van der Waals surface area (Å²) in [5, 5.41) is 7.60. The molecule has 1 aliphatic heterocycles. The standard InChI is InChI=1S/C21H21N3O2S/c1-4-14-6-5-7-15(10-14)24-21-19(13(3)23-24)16(11-18(25)22-21)20(26)17-9-8-12(2)27-17/h5-10,16H,4,11H2,1-3H3,(H,22,25). The second-order valence-electron chi connectivity index (χ2n) is 6.86. The Morgan fingerprint density at radius 1 is 1.30 bits per heavy atom. The minimum atomic E-state index is -0.491. The minimum Gasteiger partial charge on any atom is -0.310 e. The van der Waals surface area contributed by atoms with Crippen LogP contribution in [0.25, 0.3) is 5.69 Å². The van der Waals surface area contributed by atoms with E-state index in [1.165, 1.54) is 16.9 Å². The Bertz CT molecular complexity index is 1050. The summed E-state index contributed by atoms with van der Waals surface area (Å²) in [6, 6.07) is 11.9. The van der Waals surface area contributed by atoms with Crippen LogP contribution in [0.2, 0.25) is 0 Å². The highest BCUT2D eigenvalue weighted by Crippen LogP contribution is 2.39. The zero-order valence-corrected chi connectivity index (χ0v) is 16.4.